The Hall–Kier alpha value is -2.19. The van der Waals surface area contributed by atoms with E-state index in [-0.39, 0.29) is 18.5 Å². The molecule has 1 aromatic heterocycles. The van der Waals surface area contributed by atoms with Crippen LogP contribution in [0.25, 0.3) is 11.6 Å². The molecule has 0 fully saturated rings. The average Bonchev–Trinajstić information content (AvgIpc) is 3.11. The van der Waals surface area contributed by atoms with E-state index in [9.17, 15) is 14.7 Å². The lowest BCUT2D eigenvalue weighted by molar-refractivity contribution is -0.149. The fourth-order valence-electron chi connectivity index (χ4n) is 2.44. The first-order chi connectivity index (χ1) is 12.4. The van der Waals surface area contributed by atoms with Crippen molar-refractivity contribution in [3.8, 4) is 5.88 Å². The molecular formula is C18H17BrN2O4S. The van der Waals surface area contributed by atoms with Crippen LogP contribution in [0.5, 0.6) is 5.88 Å². The van der Waals surface area contributed by atoms with E-state index in [1.165, 1.54) is 0 Å². The normalized spacial score (nSPS) is 15.3. The van der Waals surface area contributed by atoms with Crippen LogP contribution in [0.4, 0.5) is 5.69 Å². The molecule has 1 atom stereocenters. The lowest BCUT2D eigenvalue weighted by Gasteiger charge is -2.11. The van der Waals surface area contributed by atoms with Gasteiger partial charge in [-0.1, -0.05) is 34.2 Å². The summed E-state index contributed by atoms with van der Waals surface area (Å²) in [6.45, 7) is 3.36. The van der Waals surface area contributed by atoms with E-state index in [1.54, 1.807) is 19.2 Å². The maximum atomic E-state index is 12.2. The highest BCUT2D eigenvalue weighted by molar-refractivity contribution is 9.10. The highest BCUT2D eigenvalue weighted by Gasteiger charge is 2.19. The Labute approximate surface area is 162 Å². The van der Waals surface area contributed by atoms with Crippen LogP contribution in [0.3, 0.4) is 0 Å². The molecule has 0 unspecified atom stereocenters. The summed E-state index contributed by atoms with van der Waals surface area (Å²) >= 11 is 4.30. The molecule has 0 radical (unpaired) electrons. The van der Waals surface area contributed by atoms with Crippen LogP contribution in [0.1, 0.15) is 30.7 Å². The van der Waals surface area contributed by atoms with Gasteiger partial charge in [0, 0.05) is 21.8 Å². The number of aliphatic imine (C=N–C) groups is 1. The van der Waals surface area contributed by atoms with E-state index >= 15 is 0 Å². The van der Waals surface area contributed by atoms with Crippen LogP contribution >= 0.6 is 27.3 Å². The van der Waals surface area contributed by atoms with Crippen molar-refractivity contribution >= 4 is 56.8 Å². The van der Waals surface area contributed by atoms with E-state index in [4.69, 9.17) is 4.74 Å². The minimum Gasteiger partial charge on any atom is -0.493 e. The van der Waals surface area contributed by atoms with E-state index in [1.807, 2.05) is 25.1 Å². The second-order valence-corrected chi connectivity index (χ2v) is 7.78. The van der Waals surface area contributed by atoms with Gasteiger partial charge in [-0.15, -0.1) is 0 Å². The number of carbonyl (C=O) groups is 1. The van der Waals surface area contributed by atoms with Crippen LogP contribution < -0.4 is 4.87 Å². The van der Waals surface area contributed by atoms with Gasteiger partial charge in [0.15, 0.2) is 0 Å². The molecule has 0 aliphatic carbocycles. The van der Waals surface area contributed by atoms with Gasteiger partial charge in [-0.05, 0) is 37.6 Å². The molecule has 6 nitrogen and oxygen atoms in total. The third-order valence-electron chi connectivity index (χ3n) is 3.99. The molecule has 0 spiro atoms. The molecule has 1 aliphatic rings. The number of ether oxygens (including phenoxy) is 1. The third-order valence-corrected chi connectivity index (χ3v) is 5.40. The number of hydrogen-bond acceptors (Lipinski definition) is 6. The third kappa shape index (κ3) is 3.81. The molecule has 0 amide bonds. The SMILES string of the molecule is CC[C@@H](C)OC(=O)Cn1c(O)c(C=C2C=Nc3ccc(Br)cc32)sc1=O. The maximum absolute atomic E-state index is 12.2. The van der Waals surface area contributed by atoms with Crippen LogP contribution in [-0.4, -0.2) is 28.0 Å². The number of fused-ring (bicyclic) bond motifs is 1. The number of carbonyl (C=O) groups excluding carboxylic acids is 1. The van der Waals surface area contributed by atoms with Crippen molar-refractivity contribution in [1.82, 2.24) is 4.57 Å². The molecule has 1 aromatic carbocycles. The van der Waals surface area contributed by atoms with Gasteiger partial charge in [0.1, 0.15) is 6.54 Å². The second kappa shape index (κ2) is 7.59. The Bertz CT molecular complexity index is 974. The van der Waals surface area contributed by atoms with Gasteiger partial charge in [0.2, 0.25) is 5.88 Å². The fraction of sp³-hybridized carbons (Fsp3) is 0.278. The first-order valence-corrected chi connectivity index (χ1v) is 9.67. The summed E-state index contributed by atoms with van der Waals surface area (Å²) in [6.07, 6.45) is 3.83. The van der Waals surface area contributed by atoms with E-state index < -0.39 is 10.8 Å². The fourth-order valence-corrected chi connectivity index (χ4v) is 3.64. The van der Waals surface area contributed by atoms with Crippen molar-refractivity contribution in [3.63, 3.8) is 0 Å². The highest BCUT2D eigenvalue weighted by Crippen LogP contribution is 2.36. The monoisotopic (exact) mass is 436 g/mol. The number of allylic oxidation sites excluding steroid dienone is 1. The number of esters is 1. The molecule has 2 heterocycles. The summed E-state index contributed by atoms with van der Waals surface area (Å²) in [5, 5.41) is 10.4. The van der Waals surface area contributed by atoms with Crippen molar-refractivity contribution in [2.45, 2.75) is 32.9 Å². The average molecular weight is 437 g/mol. The number of benzene rings is 1. The number of aromatic nitrogens is 1. The molecule has 1 aliphatic heterocycles. The Morgan fingerprint density at radius 2 is 2.27 bits per heavy atom. The van der Waals surface area contributed by atoms with E-state index in [0.717, 1.165) is 37.2 Å². The van der Waals surface area contributed by atoms with Crippen molar-refractivity contribution in [3.05, 3.63) is 42.8 Å². The molecule has 0 saturated heterocycles. The Morgan fingerprint density at radius 3 is 3.00 bits per heavy atom. The predicted octanol–water partition coefficient (Wildman–Crippen LogP) is 3.98. The first-order valence-electron chi connectivity index (χ1n) is 8.06. The van der Waals surface area contributed by atoms with Gasteiger partial charge in [0.05, 0.1) is 16.7 Å². The van der Waals surface area contributed by atoms with E-state index in [0.29, 0.717) is 11.3 Å². The van der Waals surface area contributed by atoms with Crippen LogP contribution in [0.2, 0.25) is 0 Å². The summed E-state index contributed by atoms with van der Waals surface area (Å²) in [5.41, 5.74) is 2.51. The summed E-state index contributed by atoms with van der Waals surface area (Å²) in [5.74, 6) is -0.795. The second-order valence-electron chi connectivity index (χ2n) is 5.87. The van der Waals surface area contributed by atoms with Crippen molar-refractivity contribution < 1.29 is 14.6 Å². The number of nitrogens with zero attached hydrogens (tertiary/aromatic N) is 2. The standard InChI is InChI=1S/C18H17BrN2O4S/c1-3-10(2)25-16(22)9-21-17(23)15(26-18(21)24)6-11-8-20-14-5-4-12(19)7-13(11)14/h4-8,10,23H,3,9H2,1-2H3/t10-/m1/s1. The van der Waals surface area contributed by atoms with Crippen LogP contribution in [0, 0.1) is 0 Å². The van der Waals surface area contributed by atoms with E-state index in [2.05, 4.69) is 20.9 Å². The zero-order chi connectivity index (χ0) is 18.8. The van der Waals surface area contributed by atoms with Crippen molar-refractivity contribution in [2.24, 2.45) is 4.99 Å². The molecule has 2 aromatic rings. The van der Waals surface area contributed by atoms with Gasteiger partial charge in [-0.3, -0.25) is 19.1 Å². The first kappa shape index (κ1) is 18.6. The smallest absolute Gasteiger partial charge is 0.326 e. The van der Waals surface area contributed by atoms with Crippen LogP contribution in [-0.2, 0) is 16.1 Å². The number of aromatic hydroxyl groups is 1. The zero-order valence-electron chi connectivity index (χ0n) is 14.2. The molecule has 1 N–H and O–H groups in total. The van der Waals surface area contributed by atoms with Crippen LogP contribution in [0.15, 0.2) is 32.5 Å². The molecule has 8 heteroatoms. The predicted molar refractivity (Wildman–Crippen MR) is 106 cm³/mol. The summed E-state index contributed by atoms with van der Waals surface area (Å²) in [4.78, 5) is 28.4. The zero-order valence-corrected chi connectivity index (χ0v) is 16.6. The number of hydrogen-bond donors (Lipinski definition) is 1. The molecule has 136 valence electrons. The lowest BCUT2D eigenvalue weighted by Crippen LogP contribution is -2.23. The minimum atomic E-state index is -0.551. The number of halogens is 1. The highest BCUT2D eigenvalue weighted by atomic mass is 79.9. The minimum absolute atomic E-state index is 0.231. The molecular weight excluding hydrogens is 420 g/mol. The summed E-state index contributed by atoms with van der Waals surface area (Å²) < 4.78 is 7.10. The van der Waals surface area contributed by atoms with Gasteiger partial charge in [-0.2, -0.15) is 0 Å². The Balaban J connectivity index is 1.88. The van der Waals surface area contributed by atoms with Gasteiger partial charge < -0.3 is 9.84 Å². The number of rotatable bonds is 5. The maximum Gasteiger partial charge on any atom is 0.326 e. The lowest BCUT2D eigenvalue weighted by atomic mass is 10.1. The summed E-state index contributed by atoms with van der Waals surface area (Å²) in [7, 11) is 0. The van der Waals surface area contributed by atoms with Gasteiger partial charge in [0.25, 0.3) is 0 Å². The largest absolute Gasteiger partial charge is 0.493 e. The Kier molecular flexibility index (Phi) is 5.43. The molecule has 0 saturated carbocycles. The summed E-state index contributed by atoms with van der Waals surface area (Å²) in [6, 6.07) is 5.71. The quantitative estimate of drug-likeness (QED) is 0.718. The van der Waals surface area contributed by atoms with Crippen molar-refractivity contribution in [1.29, 1.82) is 0 Å². The Morgan fingerprint density at radius 1 is 1.50 bits per heavy atom. The molecule has 26 heavy (non-hydrogen) atoms. The molecule has 3 rings (SSSR count). The van der Waals surface area contributed by atoms with Gasteiger partial charge >= 0.3 is 10.8 Å². The van der Waals surface area contributed by atoms with Gasteiger partial charge in [-0.25, -0.2) is 0 Å². The van der Waals surface area contributed by atoms with Crippen molar-refractivity contribution in [2.75, 3.05) is 0 Å². The topological polar surface area (TPSA) is 80.9 Å². The number of thiazole rings is 1. The molecule has 0 bridgehead atoms.